The quantitative estimate of drug-likeness (QED) is 0.762. The Balaban J connectivity index is 1.96. The Morgan fingerprint density at radius 3 is 2.85 bits per heavy atom. The van der Waals surface area contributed by atoms with E-state index in [-0.39, 0.29) is 11.6 Å². The summed E-state index contributed by atoms with van der Waals surface area (Å²) in [5.41, 5.74) is 9.18. The summed E-state index contributed by atoms with van der Waals surface area (Å²) in [6.45, 7) is 0. The molecule has 0 aliphatic carbocycles. The molecule has 0 spiro atoms. The third kappa shape index (κ3) is 2.31. The second-order valence-corrected chi connectivity index (χ2v) is 5.35. The van der Waals surface area contributed by atoms with Crippen molar-refractivity contribution in [1.82, 2.24) is 9.97 Å². The van der Waals surface area contributed by atoms with Crippen LogP contribution in [0.4, 0.5) is 11.4 Å². The van der Waals surface area contributed by atoms with Gasteiger partial charge in [-0.25, -0.2) is 9.97 Å². The van der Waals surface area contributed by atoms with Crippen molar-refractivity contribution in [3.8, 4) is 0 Å². The van der Waals surface area contributed by atoms with E-state index >= 15 is 0 Å². The number of thiazole rings is 1. The molecular weight excluding hydrogens is 296 g/mol. The normalized spacial score (nSPS) is 10.7. The number of aromatic nitrogens is 2. The van der Waals surface area contributed by atoms with Gasteiger partial charge in [-0.1, -0.05) is 11.6 Å². The monoisotopic (exact) mass is 304 g/mol. The molecule has 3 N–H and O–H groups in total. The molecule has 0 radical (unpaired) electrons. The summed E-state index contributed by atoms with van der Waals surface area (Å²) in [5, 5.41) is 3.18. The number of benzene rings is 1. The van der Waals surface area contributed by atoms with Crippen molar-refractivity contribution >= 4 is 50.4 Å². The minimum atomic E-state index is -0.354. The number of pyridine rings is 1. The van der Waals surface area contributed by atoms with E-state index in [4.69, 9.17) is 17.3 Å². The van der Waals surface area contributed by atoms with Crippen molar-refractivity contribution in [3.63, 3.8) is 0 Å². The van der Waals surface area contributed by atoms with Gasteiger partial charge in [0.05, 0.1) is 32.8 Å². The van der Waals surface area contributed by atoms with E-state index in [2.05, 4.69) is 15.3 Å². The maximum atomic E-state index is 12.1. The standard InChI is InChI=1S/C13H9ClN4OS/c14-8-2-4-10-12(17-6-20-10)11(8)18-13(19)9-3-1-7(15)5-16-9/h1-6H,15H2,(H,18,19). The zero-order valence-electron chi connectivity index (χ0n) is 10.1. The Morgan fingerprint density at radius 2 is 2.10 bits per heavy atom. The number of hydrogen-bond acceptors (Lipinski definition) is 5. The van der Waals surface area contributed by atoms with E-state index < -0.39 is 0 Å². The van der Waals surface area contributed by atoms with Crippen LogP contribution in [0.2, 0.25) is 5.02 Å². The Bertz CT molecular complexity index is 785. The van der Waals surface area contributed by atoms with Gasteiger partial charge in [0.1, 0.15) is 11.2 Å². The second-order valence-electron chi connectivity index (χ2n) is 4.05. The van der Waals surface area contributed by atoms with Gasteiger partial charge in [0.25, 0.3) is 5.91 Å². The average Bonchev–Trinajstić information content (AvgIpc) is 2.91. The van der Waals surface area contributed by atoms with Crippen LogP contribution in [0.25, 0.3) is 10.2 Å². The largest absolute Gasteiger partial charge is 0.397 e. The maximum Gasteiger partial charge on any atom is 0.274 e. The Kier molecular flexibility index (Phi) is 3.25. The first-order chi connectivity index (χ1) is 9.65. The number of carbonyl (C=O) groups is 1. The lowest BCUT2D eigenvalue weighted by atomic mass is 10.2. The third-order valence-electron chi connectivity index (χ3n) is 2.71. The molecule has 0 saturated heterocycles. The SMILES string of the molecule is Nc1ccc(C(=O)Nc2c(Cl)ccc3scnc23)nc1. The highest BCUT2D eigenvalue weighted by molar-refractivity contribution is 7.16. The predicted octanol–water partition coefficient (Wildman–Crippen LogP) is 3.18. The molecule has 0 aliphatic rings. The molecule has 0 bridgehead atoms. The van der Waals surface area contributed by atoms with Gasteiger partial charge < -0.3 is 11.1 Å². The predicted molar refractivity (Wildman–Crippen MR) is 81.2 cm³/mol. The molecule has 3 rings (SSSR count). The number of nitrogens with one attached hydrogen (secondary N) is 1. The van der Waals surface area contributed by atoms with E-state index in [9.17, 15) is 4.79 Å². The fraction of sp³-hybridized carbons (Fsp3) is 0. The molecule has 0 atom stereocenters. The molecule has 0 aliphatic heterocycles. The molecular formula is C13H9ClN4OS. The zero-order valence-corrected chi connectivity index (χ0v) is 11.7. The summed E-state index contributed by atoms with van der Waals surface area (Å²) in [6.07, 6.45) is 1.43. The van der Waals surface area contributed by atoms with Crippen LogP contribution in [0.5, 0.6) is 0 Å². The van der Waals surface area contributed by atoms with Crippen molar-refractivity contribution in [2.75, 3.05) is 11.1 Å². The minimum Gasteiger partial charge on any atom is -0.397 e. The van der Waals surface area contributed by atoms with E-state index in [1.165, 1.54) is 17.5 Å². The number of anilines is 2. The Labute approximate surface area is 123 Å². The van der Waals surface area contributed by atoms with Crippen LogP contribution in [0.3, 0.4) is 0 Å². The lowest BCUT2D eigenvalue weighted by molar-refractivity contribution is 0.102. The summed E-state index contributed by atoms with van der Waals surface area (Å²) in [7, 11) is 0. The van der Waals surface area contributed by atoms with Gasteiger partial charge in [-0.15, -0.1) is 11.3 Å². The van der Waals surface area contributed by atoms with Crippen LogP contribution in [0.1, 0.15) is 10.5 Å². The van der Waals surface area contributed by atoms with Crippen LogP contribution >= 0.6 is 22.9 Å². The number of halogens is 1. The molecule has 3 aromatic rings. The molecule has 20 heavy (non-hydrogen) atoms. The van der Waals surface area contributed by atoms with E-state index in [1.807, 2.05) is 6.07 Å². The number of carbonyl (C=O) groups excluding carboxylic acids is 1. The lowest BCUT2D eigenvalue weighted by Gasteiger charge is -2.07. The second kappa shape index (κ2) is 5.07. The summed E-state index contributed by atoms with van der Waals surface area (Å²) < 4.78 is 0.954. The van der Waals surface area contributed by atoms with E-state index in [0.29, 0.717) is 21.9 Å². The fourth-order valence-electron chi connectivity index (χ4n) is 1.74. The molecule has 0 fully saturated rings. The van der Waals surface area contributed by atoms with Crippen LogP contribution < -0.4 is 11.1 Å². The van der Waals surface area contributed by atoms with Gasteiger partial charge in [-0.3, -0.25) is 4.79 Å². The Morgan fingerprint density at radius 1 is 1.25 bits per heavy atom. The van der Waals surface area contributed by atoms with Crippen molar-refractivity contribution in [2.24, 2.45) is 0 Å². The number of hydrogen-bond donors (Lipinski definition) is 2. The molecule has 0 saturated carbocycles. The van der Waals surface area contributed by atoms with E-state index in [1.54, 1.807) is 23.7 Å². The van der Waals surface area contributed by atoms with Gasteiger partial charge >= 0.3 is 0 Å². The highest BCUT2D eigenvalue weighted by Gasteiger charge is 2.14. The molecule has 100 valence electrons. The number of nitrogens with two attached hydrogens (primary N) is 1. The number of nitrogen functional groups attached to an aromatic ring is 1. The third-order valence-corrected chi connectivity index (χ3v) is 3.82. The van der Waals surface area contributed by atoms with Crippen molar-refractivity contribution in [3.05, 3.63) is 46.7 Å². The van der Waals surface area contributed by atoms with Gasteiger partial charge in [0.15, 0.2) is 0 Å². The Hall–Kier alpha value is -2.18. The summed E-state index contributed by atoms with van der Waals surface area (Å²) in [4.78, 5) is 20.3. The zero-order chi connectivity index (χ0) is 14.1. The van der Waals surface area contributed by atoms with Crippen LogP contribution in [0.15, 0.2) is 36.0 Å². The van der Waals surface area contributed by atoms with Crippen molar-refractivity contribution < 1.29 is 4.79 Å². The summed E-state index contributed by atoms with van der Waals surface area (Å²) >= 11 is 7.61. The first kappa shape index (κ1) is 12.8. The van der Waals surface area contributed by atoms with Gasteiger partial charge in [-0.05, 0) is 24.3 Å². The minimum absolute atomic E-state index is 0.266. The average molecular weight is 305 g/mol. The molecule has 1 aromatic carbocycles. The molecule has 2 aromatic heterocycles. The van der Waals surface area contributed by atoms with Crippen LogP contribution in [0, 0.1) is 0 Å². The molecule has 5 nitrogen and oxygen atoms in total. The van der Waals surface area contributed by atoms with Crippen LogP contribution in [-0.4, -0.2) is 15.9 Å². The number of fused-ring (bicyclic) bond motifs is 1. The molecule has 0 unspecified atom stereocenters. The van der Waals surface area contributed by atoms with Crippen molar-refractivity contribution in [1.29, 1.82) is 0 Å². The number of nitrogens with zero attached hydrogens (tertiary/aromatic N) is 2. The van der Waals surface area contributed by atoms with Gasteiger partial charge in [0, 0.05) is 0 Å². The first-order valence-electron chi connectivity index (χ1n) is 5.70. The van der Waals surface area contributed by atoms with Crippen LogP contribution in [-0.2, 0) is 0 Å². The number of rotatable bonds is 2. The highest BCUT2D eigenvalue weighted by atomic mass is 35.5. The van der Waals surface area contributed by atoms with E-state index in [0.717, 1.165) is 4.70 Å². The summed E-state index contributed by atoms with van der Waals surface area (Å²) in [6, 6.07) is 6.77. The molecule has 2 heterocycles. The topological polar surface area (TPSA) is 80.9 Å². The molecule has 7 heteroatoms. The van der Waals surface area contributed by atoms with Gasteiger partial charge in [0.2, 0.25) is 0 Å². The number of amides is 1. The van der Waals surface area contributed by atoms with Gasteiger partial charge in [-0.2, -0.15) is 0 Å². The molecule has 1 amide bonds. The lowest BCUT2D eigenvalue weighted by Crippen LogP contribution is -2.14. The first-order valence-corrected chi connectivity index (χ1v) is 6.95. The summed E-state index contributed by atoms with van der Waals surface area (Å²) in [5.74, 6) is -0.354. The fourth-order valence-corrected chi connectivity index (χ4v) is 2.63. The van der Waals surface area contributed by atoms with Crippen molar-refractivity contribution in [2.45, 2.75) is 0 Å². The smallest absolute Gasteiger partial charge is 0.274 e. The maximum absolute atomic E-state index is 12.1. The highest BCUT2D eigenvalue weighted by Crippen LogP contribution is 2.32.